The van der Waals surface area contributed by atoms with Crippen molar-refractivity contribution in [3.8, 4) is 5.88 Å². The number of aromatic nitrogens is 1. The summed E-state index contributed by atoms with van der Waals surface area (Å²) in [5, 5.41) is 6.20. The Kier molecular flexibility index (Phi) is 8.86. The molecule has 0 saturated heterocycles. The lowest BCUT2D eigenvalue weighted by molar-refractivity contribution is -0.136. The van der Waals surface area contributed by atoms with Gasteiger partial charge in [-0.1, -0.05) is 17.7 Å². The Bertz CT molecular complexity index is 1330. The molecule has 0 aliphatic heterocycles. The van der Waals surface area contributed by atoms with Crippen molar-refractivity contribution in [3.63, 3.8) is 0 Å². The van der Waals surface area contributed by atoms with Gasteiger partial charge in [-0.2, -0.15) is 0 Å². The molecule has 0 unspecified atom stereocenters. The Morgan fingerprint density at radius 2 is 1.64 bits per heavy atom. The molecule has 10 heteroatoms. The van der Waals surface area contributed by atoms with Crippen LogP contribution in [0.4, 0.5) is 11.4 Å². The van der Waals surface area contributed by atoms with Gasteiger partial charge in [0.1, 0.15) is 16.7 Å². The second-order valence-corrected chi connectivity index (χ2v) is 10.4. The summed E-state index contributed by atoms with van der Waals surface area (Å²) in [6.45, 7) is 3.44. The summed E-state index contributed by atoms with van der Waals surface area (Å²) >= 11 is 0. The Morgan fingerprint density at radius 3 is 2.28 bits per heavy atom. The maximum absolute atomic E-state index is 13.4. The van der Waals surface area contributed by atoms with Crippen molar-refractivity contribution in [2.45, 2.75) is 32.6 Å². The quantitative estimate of drug-likeness (QED) is 0.423. The molecular formula is C29H37N5O5. The maximum atomic E-state index is 13.4. The number of methoxy groups -OCH3 is 1. The van der Waals surface area contributed by atoms with E-state index in [4.69, 9.17) is 9.15 Å². The van der Waals surface area contributed by atoms with E-state index >= 15 is 0 Å². The largest absolute Gasteiger partial charge is 0.480 e. The number of amides is 3. The van der Waals surface area contributed by atoms with Crippen LogP contribution >= 0.6 is 0 Å². The highest BCUT2D eigenvalue weighted by molar-refractivity contribution is 6.15. The molecule has 1 aliphatic carbocycles. The number of carbonyl (C=O) groups excluding carboxylic acids is 3. The number of ether oxygens (including phenoxy) is 1. The van der Waals surface area contributed by atoms with Crippen molar-refractivity contribution in [1.29, 1.82) is 0 Å². The monoisotopic (exact) mass is 535 g/mol. The van der Waals surface area contributed by atoms with Crippen LogP contribution in [0.25, 0.3) is 11.0 Å². The van der Waals surface area contributed by atoms with E-state index in [2.05, 4.69) is 15.6 Å². The second kappa shape index (κ2) is 12.3. The Labute approximate surface area is 228 Å². The van der Waals surface area contributed by atoms with Crippen molar-refractivity contribution in [2.75, 3.05) is 52.0 Å². The van der Waals surface area contributed by atoms with Gasteiger partial charge in [-0.25, -0.2) is 4.98 Å². The minimum atomic E-state index is -0.498. The molecule has 0 atom stereocenters. The summed E-state index contributed by atoms with van der Waals surface area (Å²) in [6.07, 6.45) is 3.97. The zero-order valence-electron chi connectivity index (χ0n) is 23.2. The van der Waals surface area contributed by atoms with Crippen molar-refractivity contribution in [1.82, 2.24) is 14.8 Å². The number of hydrogen-bond donors (Lipinski definition) is 2. The van der Waals surface area contributed by atoms with E-state index in [-0.39, 0.29) is 41.0 Å². The van der Waals surface area contributed by atoms with Gasteiger partial charge in [0.25, 0.3) is 5.91 Å². The zero-order valence-corrected chi connectivity index (χ0v) is 23.2. The van der Waals surface area contributed by atoms with Crippen LogP contribution in [0.2, 0.25) is 0 Å². The molecule has 0 radical (unpaired) electrons. The number of rotatable bonds is 9. The summed E-state index contributed by atoms with van der Waals surface area (Å²) in [4.78, 5) is 47.6. The van der Waals surface area contributed by atoms with E-state index in [0.717, 1.165) is 12.1 Å². The fourth-order valence-corrected chi connectivity index (χ4v) is 4.87. The molecule has 10 nitrogen and oxygen atoms in total. The van der Waals surface area contributed by atoms with E-state index in [1.54, 1.807) is 23.1 Å². The summed E-state index contributed by atoms with van der Waals surface area (Å²) < 4.78 is 11.3. The molecule has 1 aromatic carbocycles. The molecule has 2 aromatic heterocycles. The smallest absolute Gasteiger partial charge is 0.293 e. The first kappa shape index (κ1) is 28.1. The van der Waals surface area contributed by atoms with Crippen LogP contribution in [0.15, 0.2) is 40.9 Å². The Hall–Kier alpha value is -3.92. The van der Waals surface area contributed by atoms with Crippen LogP contribution in [0, 0.1) is 18.8 Å². The molecule has 3 amide bonds. The third-order valence-corrected chi connectivity index (χ3v) is 7.23. The molecule has 208 valence electrons. The van der Waals surface area contributed by atoms with Crippen molar-refractivity contribution in [3.05, 3.63) is 47.9 Å². The Balaban J connectivity index is 1.50. The van der Waals surface area contributed by atoms with Crippen molar-refractivity contribution < 1.29 is 23.5 Å². The van der Waals surface area contributed by atoms with Gasteiger partial charge in [0.15, 0.2) is 0 Å². The fraction of sp³-hybridized carbons (Fsp3) is 0.448. The van der Waals surface area contributed by atoms with Crippen LogP contribution < -0.4 is 15.4 Å². The van der Waals surface area contributed by atoms with E-state index in [1.165, 1.54) is 13.3 Å². The maximum Gasteiger partial charge on any atom is 0.293 e. The highest BCUT2D eigenvalue weighted by Gasteiger charge is 2.33. The average Bonchev–Trinajstić information content (AvgIpc) is 3.31. The molecule has 1 fully saturated rings. The molecule has 2 heterocycles. The molecular weight excluding hydrogens is 498 g/mol. The van der Waals surface area contributed by atoms with Crippen LogP contribution in [-0.4, -0.2) is 73.8 Å². The summed E-state index contributed by atoms with van der Waals surface area (Å²) in [5.74, 6) is -0.754. The molecule has 2 N–H and O–H groups in total. The Morgan fingerprint density at radius 1 is 0.974 bits per heavy atom. The standard InChI is InChI=1S/C29H37N5O5/c1-18-6-12-21(13-7-18)31-27(36)25-24(23-22(39-25)14-15-30-28(23)38-5)32-26(35)19-8-10-20(11-9-19)29(37)34(4)17-16-33(2)3/h6-7,12-15,19-20H,8-11,16-17H2,1-5H3,(H,31,36)(H,32,35). The first-order valence-corrected chi connectivity index (χ1v) is 13.2. The first-order chi connectivity index (χ1) is 18.7. The van der Waals surface area contributed by atoms with Crippen LogP contribution in [0.5, 0.6) is 5.88 Å². The van der Waals surface area contributed by atoms with E-state index in [1.807, 2.05) is 45.1 Å². The van der Waals surface area contributed by atoms with Gasteiger partial charge in [0.05, 0.1) is 7.11 Å². The van der Waals surface area contributed by atoms with Gasteiger partial charge >= 0.3 is 0 Å². The van der Waals surface area contributed by atoms with Gasteiger partial charge in [-0.3, -0.25) is 14.4 Å². The minimum absolute atomic E-state index is 0.0309. The van der Waals surface area contributed by atoms with Gasteiger partial charge in [-0.05, 0) is 58.8 Å². The normalized spacial score (nSPS) is 17.2. The van der Waals surface area contributed by atoms with Gasteiger partial charge in [0.2, 0.25) is 23.5 Å². The number of benzene rings is 1. The number of aryl methyl sites for hydroxylation is 1. The minimum Gasteiger partial charge on any atom is -0.480 e. The molecule has 1 aliphatic rings. The molecule has 1 saturated carbocycles. The van der Waals surface area contributed by atoms with Crippen molar-refractivity contribution in [2.24, 2.45) is 11.8 Å². The molecule has 3 aromatic rings. The third kappa shape index (κ3) is 6.57. The highest BCUT2D eigenvalue weighted by Crippen LogP contribution is 2.38. The number of anilines is 2. The average molecular weight is 536 g/mol. The number of nitrogens with one attached hydrogen (secondary N) is 2. The van der Waals surface area contributed by atoms with Gasteiger partial charge in [-0.15, -0.1) is 0 Å². The van der Waals surface area contributed by atoms with E-state index < -0.39 is 5.91 Å². The van der Waals surface area contributed by atoms with E-state index in [0.29, 0.717) is 48.9 Å². The first-order valence-electron chi connectivity index (χ1n) is 13.2. The number of fused-ring (bicyclic) bond motifs is 1. The predicted octanol–water partition coefficient (Wildman–Crippen LogP) is 4.16. The zero-order chi connectivity index (χ0) is 28.1. The highest BCUT2D eigenvalue weighted by atomic mass is 16.5. The molecule has 4 rings (SSSR count). The number of nitrogens with zero attached hydrogens (tertiary/aromatic N) is 3. The van der Waals surface area contributed by atoms with Gasteiger partial charge in [0, 0.05) is 49.9 Å². The number of hydrogen-bond acceptors (Lipinski definition) is 7. The predicted molar refractivity (Wildman–Crippen MR) is 150 cm³/mol. The van der Waals surface area contributed by atoms with Crippen LogP contribution in [0.1, 0.15) is 41.8 Å². The van der Waals surface area contributed by atoms with Gasteiger partial charge < -0.3 is 29.6 Å². The molecule has 0 bridgehead atoms. The fourth-order valence-electron chi connectivity index (χ4n) is 4.87. The van der Waals surface area contributed by atoms with E-state index in [9.17, 15) is 14.4 Å². The summed E-state index contributed by atoms with van der Waals surface area (Å²) in [6, 6.07) is 9.01. The molecule has 0 spiro atoms. The molecule has 39 heavy (non-hydrogen) atoms. The third-order valence-electron chi connectivity index (χ3n) is 7.23. The summed E-state index contributed by atoms with van der Waals surface area (Å²) in [5.41, 5.74) is 2.27. The number of pyridine rings is 1. The summed E-state index contributed by atoms with van der Waals surface area (Å²) in [7, 11) is 7.27. The number of carbonyl (C=O) groups is 3. The lowest BCUT2D eigenvalue weighted by Crippen LogP contribution is -2.39. The lowest BCUT2D eigenvalue weighted by Gasteiger charge is -2.30. The number of furan rings is 1. The van der Waals surface area contributed by atoms with Crippen molar-refractivity contribution >= 4 is 40.1 Å². The second-order valence-electron chi connectivity index (χ2n) is 10.4. The SMILES string of the molecule is COc1nccc2oc(C(=O)Nc3ccc(C)cc3)c(NC(=O)C3CCC(C(=O)N(C)CCN(C)C)CC3)c12. The topological polar surface area (TPSA) is 117 Å². The lowest BCUT2D eigenvalue weighted by atomic mass is 9.81. The van der Waals surface area contributed by atoms with Crippen LogP contribution in [0.3, 0.4) is 0 Å². The number of likely N-dealkylation sites (N-methyl/N-ethyl adjacent to an activating group) is 2. The van der Waals surface area contributed by atoms with Crippen LogP contribution in [-0.2, 0) is 9.59 Å².